The van der Waals surface area contributed by atoms with Gasteiger partial charge in [-0.05, 0) is 86.7 Å². The van der Waals surface area contributed by atoms with Gasteiger partial charge in [0.2, 0.25) is 0 Å². The molecule has 0 atom stereocenters. The third-order valence-electron chi connectivity index (χ3n) is 6.38. The van der Waals surface area contributed by atoms with Crippen molar-refractivity contribution in [1.82, 2.24) is 10.3 Å². The van der Waals surface area contributed by atoms with Crippen molar-refractivity contribution in [1.29, 1.82) is 0 Å². The van der Waals surface area contributed by atoms with Crippen LogP contribution >= 0.6 is 0 Å². The van der Waals surface area contributed by atoms with Crippen molar-refractivity contribution in [3.63, 3.8) is 0 Å². The zero-order valence-corrected chi connectivity index (χ0v) is 18.8. The number of hydrogen-bond acceptors (Lipinski definition) is 4. The Morgan fingerprint density at radius 3 is 2.59 bits per heavy atom. The monoisotopic (exact) mass is 426 g/mol. The van der Waals surface area contributed by atoms with Gasteiger partial charge in [0.15, 0.2) is 0 Å². The SMILES string of the molecule is COc1ccc(C)c(C(=O)NC2(c3cc(-c4cc(C)oc4C)cc4ncccc34)CC2)c1. The maximum atomic E-state index is 13.3. The molecule has 1 aliphatic carbocycles. The maximum Gasteiger partial charge on any atom is 0.252 e. The summed E-state index contributed by atoms with van der Waals surface area (Å²) in [6.45, 7) is 5.87. The van der Waals surface area contributed by atoms with Crippen LogP contribution in [0.5, 0.6) is 5.75 Å². The summed E-state index contributed by atoms with van der Waals surface area (Å²) in [5.41, 5.74) is 5.28. The summed E-state index contributed by atoms with van der Waals surface area (Å²) < 4.78 is 11.1. The molecule has 2 aromatic heterocycles. The summed E-state index contributed by atoms with van der Waals surface area (Å²) >= 11 is 0. The van der Waals surface area contributed by atoms with Crippen molar-refractivity contribution in [2.75, 3.05) is 7.11 Å². The van der Waals surface area contributed by atoms with Crippen molar-refractivity contribution in [2.45, 2.75) is 39.2 Å². The molecule has 0 aliphatic heterocycles. The van der Waals surface area contributed by atoms with E-state index < -0.39 is 5.54 Å². The molecule has 162 valence electrons. The molecule has 1 aliphatic rings. The van der Waals surface area contributed by atoms with E-state index in [0.29, 0.717) is 11.3 Å². The second kappa shape index (κ2) is 7.52. The second-order valence-corrected chi connectivity index (χ2v) is 8.64. The molecule has 2 heterocycles. The van der Waals surface area contributed by atoms with E-state index in [1.54, 1.807) is 19.4 Å². The molecule has 5 nitrogen and oxygen atoms in total. The fraction of sp³-hybridized carbons (Fsp3) is 0.259. The molecule has 2 aromatic carbocycles. The lowest BCUT2D eigenvalue weighted by atomic mass is 9.93. The van der Waals surface area contributed by atoms with Crippen molar-refractivity contribution >= 4 is 16.8 Å². The number of aryl methyl sites for hydroxylation is 3. The van der Waals surface area contributed by atoms with Crippen molar-refractivity contribution in [3.05, 3.63) is 82.9 Å². The van der Waals surface area contributed by atoms with Gasteiger partial charge in [-0.25, -0.2) is 0 Å². The van der Waals surface area contributed by atoms with Gasteiger partial charge < -0.3 is 14.5 Å². The molecule has 32 heavy (non-hydrogen) atoms. The molecule has 1 N–H and O–H groups in total. The zero-order valence-electron chi connectivity index (χ0n) is 18.8. The summed E-state index contributed by atoms with van der Waals surface area (Å²) in [6.07, 6.45) is 3.58. The minimum Gasteiger partial charge on any atom is -0.497 e. The number of fused-ring (bicyclic) bond motifs is 1. The highest BCUT2D eigenvalue weighted by Crippen LogP contribution is 2.49. The van der Waals surface area contributed by atoms with E-state index in [1.165, 1.54) is 0 Å². The van der Waals surface area contributed by atoms with Gasteiger partial charge in [0.05, 0.1) is 18.2 Å². The molecule has 1 fully saturated rings. The lowest BCUT2D eigenvalue weighted by Gasteiger charge is -2.22. The summed E-state index contributed by atoms with van der Waals surface area (Å²) in [5.74, 6) is 2.34. The van der Waals surface area contributed by atoms with Crippen LogP contribution < -0.4 is 10.1 Å². The summed E-state index contributed by atoms with van der Waals surface area (Å²) in [7, 11) is 1.61. The minimum absolute atomic E-state index is 0.0864. The Balaban J connectivity index is 1.59. The van der Waals surface area contributed by atoms with Gasteiger partial charge in [0.25, 0.3) is 5.91 Å². The number of ether oxygens (including phenoxy) is 1. The lowest BCUT2D eigenvalue weighted by molar-refractivity contribution is 0.0930. The Morgan fingerprint density at radius 1 is 1.09 bits per heavy atom. The van der Waals surface area contributed by atoms with Crippen LogP contribution in [0.3, 0.4) is 0 Å². The highest BCUT2D eigenvalue weighted by Gasteiger charge is 2.47. The first-order chi connectivity index (χ1) is 15.4. The lowest BCUT2D eigenvalue weighted by Crippen LogP contribution is -2.35. The average molecular weight is 427 g/mol. The molecule has 0 bridgehead atoms. The molecule has 0 spiro atoms. The summed E-state index contributed by atoms with van der Waals surface area (Å²) in [4.78, 5) is 17.9. The number of carbonyl (C=O) groups is 1. The number of carbonyl (C=O) groups excluding carboxylic acids is 1. The van der Waals surface area contributed by atoms with Crippen molar-refractivity contribution < 1.29 is 13.9 Å². The van der Waals surface area contributed by atoms with Gasteiger partial charge in [-0.15, -0.1) is 0 Å². The Kier molecular flexibility index (Phi) is 4.77. The minimum atomic E-state index is -0.406. The topological polar surface area (TPSA) is 64.4 Å². The predicted octanol–water partition coefficient (Wildman–Crippen LogP) is 5.85. The average Bonchev–Trinajstić information content (AvgIpc) is 3.48. The van der Waals surface area contributed by atoms with Crippen LogP contribution in [0.1, 0.15) is 45.8 Å². The predicted molar refractivity (Wildman–Crippen MR) is 125 cm³/mol. The fourth-order valence-electron chi connectivity index (χ4n) is 4.50. The number of pyridine rings is 1. The van der Waals surface area contributed by atoms with E-state index in [0.717, 1.165) is 57.5 Å². The number of methoxy groups -OCH3 is 1. The van der Waals surface area contributed by atoms with Gasteiger partial charge in [-0.2, -0.15) is 0 Å². The molecular weight excluding hydrogens is 400 g/mol. The molecule has 0 saturated heterocycles. The first-order valence-corrected chi connectivity index (χ1v) is 10.8. The number of benzene rings is 2. The quantitative estimate of drug-likeness (QED) is 0.435. The van der Waals surface area contributed by atoms with Crippen LogP contribution in [0, 0.1) is 20.8 Å². The molecule has 4 aromatic rings. The standard InChI is InChI=1S/C27H26N2O3/c1-16-7-8-20(31-4)15-22(16)26(30)29-27(9-10-27)24-13-19(23-12-17(2)32-18(23)3)14-25-21(24)6-5-11-28-25/h5-8,11-15H,9-10H2,1-4H3,(H,29,30). The Bertz CT molecular complexity index is 1350. The molecule has 5 rings (SSSR count). The zero-order chi connectivity index (χ0) is 22.5. The van der Waals surface area contributed by atoms with Crippen LogP contribution in [0.2, 0.25) is 0 Å². The van der Waals surface area contributed by atoms with Gasteiger partial charge >= 0.3 is 0 Å². The van der Waals surface area contributed by atoms with Gasteiger partial charge in [0.1, 0.15) is 17.3 Å². The number of nitrogens with zero attached hydrogens (tertiary/aromatic N) is 1. The van der Waals surface area contributed by atoms with E-state index in [2.05, 4.69) is 34.6 Å². The highest BCUT2D eigenvalue weighted by atomic mass is 16.5. The Morgan fingerprint density at radius 2 is 1.91 bits per heavy atom. The number of hydrogen-bond donors (Lipinski definition) is 1. The van der Waals surface area contributed by atoms with Gasteiger partial charge in [-0.1, -0.05) is 12.1 Å². The van der Waals surface area contributed by atoms with Crippen LogP contribution in [0.15, 0.2) is 59.1 Å². The fourth-order valence-corrected chi connectivity index (χ4v) is 4.50. The van der Waals surface area contributed by atoms with E-state index in [-0.39, 0.29) is 5.91 Å². The van der Waals surface area contributed by atoms with Crippen LogP contribution in [-0.2, 0) is 5.54 Å². The number of aromatic nitrogens is 1. The third-order valence-corrected chi connectivity index (χ3v) is 6.38. The Labute approximate surface area is 187 Å². The van der Waals surface area contributed by atoms with E-state index in [4.69, 9.17) is 9.15 Å². The number of rotatable bonds is 5. The maximum absolute atomic E-state index is 13.3. The van der Waals surface area contributed by atoms with Crippen LogP contribution in [0.4, 0.5) is 0 Å². The molecule has 5 heteroatoms. The largest absolute Gasteiger partial charge is 0.497 e. The summed E-state index contributed by atoms with van der Waals surface area (Å²) in [5, 5.41) is 4.40. The smallest absolute Gasteiger partial charge is 0.252 e. The second-order valence-electron chi connectivity index (χ2n) is 8.64. The Hall–Kier alpha value is -3.60. The normalized spacial score (nSPS) is 14.4. The first kappa shape index (κ1) is 20.3. The summed E-state index contributed by atoms with van der Waals surface area (Å²) in [6, 6.07) is 16.0. The third kappa shape index (κ3) is 3.44. The molecule has 0 radical (unpaired) electrons. The number of furan rings is 1. The number of amides is 1. The van der Waals surface area contributed by atoms with Gasteiger partial charge in [-0.3, -0.25) is 9.78 Å². The molecule has 0 unspecified atom stereocenters. The first-order valence-electron chi connectivity index (χ1n) is 10.8. The van der Waals surface area contributed by atoms with Crippen molar-refractivity contribution in [3.8, 4) is 16.9 Å². The van der Waals surface area contributed by atoms with E-state index >= 15 is 0 Å². The molecule has 1 amide bonds. The highest BCUT2D eigenvalue weighted by molar-refractivity contribution is 5.98. The number of nitrogens with one attached hydrogen (secondary N) is 1. The van der Waals surface area contributed by atoms with Crippen molar-refractivity contribution in [2.24, 2.45) is 0 Å². The van der Waals surface area contributed by atoms with E-state index in [9.17, 15) is 4.79 Å². The van der Waals surface area contributed by atoms with E-state index in [1.807, 2.05) is 39.0 Å². The van der Waals surface area contributed by atoms with Gasteiger partial charge in [0, 0.05) is 22.7 Å². The molecular formula is C27H26N2O3. The van der Waals surface area contributed by atoms with Crippen LogP contribution in [-0.4, -0.2) is 18.0 Å². The van der Waals surface area contributed by atoms with Crippen LogP contribution in [0.25, 0.3) is 22.0 Å². The molecule has 1 saturated carbocycles.